The molecule has 10 heteroatoms. The number of carbonyl (C=O) groups is 1. The normalized spacial score (nSPS) is 11.8. The van der Waals surface area contributed by atoms with Crippen LogP contribution in [0, 0.1) is 0 Å². The van der Waals surface area contributed by atoms with Gasteiger partial charge in [-0.3, -0.25) is 4.68 Å². The van der Waals surface area contributed by atoms with Crippen molar-refractivity contribution in [2.24, 2.45) is 7.05 Å². The fourth-order valence-corrected chi connectivity index (χ4v) is 3.88. The van der Waals surface area contributed by atoms with Crippen molar-refractivity contribution in [3.8, 4) is 16.9 Å². The Labute approximate surface area is 218 Å². The van der Waals surface area contributed by atoms with Crippen LogP contribution in [0.5, 0.6) is 5.75 Å². The molecular formula is C26H29BrN6O3. The zero-order chi connectivity index (χ0) is 25.5. The van der Waals surface area contributed by atoms with Gasteiger partial charge in [0, 0.05) is 46.6 Å². The highest BCUT2D eigenvalue weighted by Crippen LogP contribution is 2.30. The third-order valence-corrected chi connectivity index (χ3v) is 5.83. The van der Waals surface area contributed by atoms with Crippen LogP contribution in [0.25, 0.3) is 22.0 Å². The molecule has 2 aromatic carbocycles. The number of ether oxygens (including phenoxy) is 2. The van der Waals surface area contributed by atoms with Gasteiger partial charge in [-0.05, 0) is 49.2 Å². The number of hydrogen-bond donors (Lipinski definition) is 2. The number of halogens is 1. The van der Waals surface area contributed by atoms with E-state index in [1.165, 1.54) is 0 Å². The second-order valence-electron chi connectivity index (χ2n) is 8.52. The molecule has 0 spiro atoms. The first kappa shape index (κ1) is 25.4. The third-order valence-electron chi connectivity index (χ3n) is 5.34. The van der Waals surface area contributed by atoms with E-state index in [9.17, 15) is 4.79 Å². The maximum Gasteiger partial charge on any atom is 0.407 e. The quantitative estimate of drug-likeness (QED) is 0.238. The molecular weight excluding hydrogens is 524 g/mol. The lowest BCUT2D eigenvalue weighted by molar-refractivity contribution is 0.137. The fraction of sp³-hybridized carbons (Fsp3) is 0.308. The molecule has 2 heterocycles. The number of fused-ring (bicyclic) bond motifs is 1. The van der Waals surface area contributed by atoms with E-state index in [-0.39, 0.29) is 12.6 Å². The van der Waals surface area contributed by atoms with Gasteiger partial charge in [-0.1, -0.05) is 29.3 Å². The molecule has 9 nitrogen and oxygen atoms in total. The number of carbonyl (C=O) groups excluding carboxylic acids is 1. The number of amides is 1. The highest BCUT2D eigenvalue weighted by atomic mass is 79.9. The van der Waals surface area contributed by atoms with Gasteiger partial charge < -0.3 is 20.1 Å². The summed E-state index contributed by atoms with van der Waals surface area (Å²) >= 11 is 3.47. The van der Waals surface area contributed by atoms with Crippen molar-refractivity contribution in [3.05, 3.63) is 59.5 Å². The van der Waals surface area contributed by atoms with E-state index < -0.39 is 6.09 Å². The highest BCUT2D eigenvalue weighted by molar-refractivity contribution is 9.10. The van der Waals surface area contributed by atoms with Crippen molar-refractivity contribution >= 4 is 44.6 Å². The molecule has 0 saturated heterocycles. The summed E-state index contributed by atoms with van der Waals surface area (Å²) in [6.45, 7) is 4.60. The van der Waals surface area contributed by atoms with Crippen LogP contribution in [0.15, 0.2) is 59.5 Å². The van der Waals surface area contributed by atoms with E-state index >= 15 is 0 Å². The Kier molecular flexibility index (Phi) is 8.37. The molecule has 188 valence electrons. The predicted octanol–water partition coefficient (Wildman–Crippen LogP) is 5.83. The minimum Gasteiger partial charge on any atom is -0.491 e. The van der Waals surface area contributed by atoms with Gasteiger partial charge in [0.15, 0.2) is 0 Å². The van der Waals surface area contributed by atoms with Gasteiger partial charge in [-0.15, -0.1) is 0 Å². The van der Waals surface area contributed by atoms with E-state index in [0.717, 1.165) is 45.0 Å². The van der Waals surface area contributed by atoms with Gasteiger partial charge in [0.2, 0.25) is 5.95 Å². The van der Waals surface area contributed by atoms with Gasteiger partial charge in [-0.25, -0.2) is 14.8 Å². The van der Waals surface area contributed by atoms with Crippen LogP contribution in [0.3, 0.4) is 0 Å². The van der Waals surface area contributed by atoms with E-state index in [0.29, 0.717) is 18.3 Å². The summed E-state index contributed by atoms with van der Waals surface area (Å²) in [6.07, 6.45) is 6.88. The van der Waals surface area contributed by atoms with Crippen LogP contribution < -0.4 is 15.4 Å². The average Bonchev–Trinajstić information content (AvgIpc) is 3.29. The summed E-state index contributed by atoms with van der Waals surface area (Å²) in [6, 6.07) is 11.4. The standard InChI is InChI=1S/C26H29BrN6O3/c1-4-5-8-35-26(34)30-17(2)16-36-23-11-18(20-14-29-33(3)15-20)10-22(12-23)31-25-28-13-19-9-21(27)6-7-24(19)32-25/h6-7,9-15,17H,4-5,8,16H2,1-3H3,(H,30,34)(H,28,31,32). The van der Waals surface area contributed by atoms with Crippen molar-refractivity contribution < 1.29 is 14.3 Å². The van der Waals surface area contributed by atoms with Gasteiger partial charge in [0.25, 0.3) is 0 Å². The molecule has 4 rings (SSSR count). The van der Waals surface area contributed by atoms with Gasteiger partial charge in [0.05, 0.1) is 24.4 Å². The molecule has 0 aliphatic heterocycles. The number of nitrogens with one attached hydrogen (secondary N) is 2. The van der Waals surface area contributed by atoms with Crippen LogP contribution in [-0.4, -0.2) is 45.1 Å². The molecule has 2 N–H and O–H groups in total. The second-order valence-corrected chi connectivity index (χ2v) is 9.43. The zero-order valence-electron chi connectivity index (χ0n) is 20.5. The second kappa shape index (κ2) is 11.9. The van der Waals surface area contributed by atoms with E-state index in [1.54, 1.807) is 17.1 Å². The first-order valence-electron chi connectivity index (χ1n) is 11.8. The molecule has 0 aliphatic carbocycles. The molecule has 0 fully saturated rings. The number of hydrogen-bond acceptors (Lipinski definition) is 7. The third kappa shape index (κ3) is 6.94. The Balaban J connectivity index is 1.51. The summed E-state index contributed by atoms with van der Waals surface area (Å²) in [5, 5.41) is 11.3. The molecule has 36 heavy (non-hydrogen) atoms. The van der Waals surface area contributed by atoms with Crippen LogP contribution in [0.4, 0.5) is 16.4 Å². The monoisotopic (exact) mass is 552 g/mol. The van der Waals surface area contributed by atoms with Crippen molar-refractivity contribution in [3.63, 3.8) is 0 Å². The molecule has 1 amide bonds. The van der Waals surface area contributed by atoms with E-state index in [4.69, 9.17) is 9.47 Å². The smallest absolute Gasteiger partial charge is 0.407 e. The van der Waals surface area contributed by atoms with E-state index in [1.807, 2.05) is 63.5 Å². The van der Waals surface area contributed by atoms with Gasteiger partial charge in [0.1, 0.15) is 12.4 Å². The Morgan fingerprint density at radius 2 is 2.03 bits per heavy atom. The fourth-order valence-electron chi connectivity index (χ4n) is 3.50. The van der Waals surface area contributed by atoms with Crippen LogP contribution in [0.2, 0.25) is 0 Å². The lowest BCUT2D eigenvalue weighted by Gasteiger charge is -2.16. The number of benzene rings is 2. The first-order valence-corrected chi connectivity index (χ1v) is 12.6. The Morgan fingerprint density at radius 1 is 1.17 bits per heavy atom. The summed E-state index contributed by atoms with van der Waals surface area (Å²) < 4.78 is 13.9. The molecule has 0 saturated carbocycles. The van der Waals surface area contributed by atoms with Crippen molar-refractivity contribution in [1.29, 1.82) is 0 Å². The lowest BCUT2D eigenvalue weighted by atomic mass is 10.1. The number of alkyl carbamates (subject to hydrolysis) is 1. The molecule has 2 aromatic heterocycles. The summed E-state index contributed by atoms with van der Waals surface area (Å²) in [5.74, 6) is 1.11. The largest absolute Gasteiger partial charge is 0.491 e. The molecule has 0 bridgehead atoms. The number of nitrogens with zero attached hydrogens (tertiary/aromatic N) is 4. The van der Waals surface area contributed by atoms with Crippen LogP contribution >= 0.6 is 15.9 Å². The number of unbranched alkanes of at least 4 members (excludes halogenated alkanes) is 1. The topological polar surface area (TPSA) is 103 Å². The Bertz CT molecular complexity index is 1340. The number of anilines is 2. The Hall–Kier alpha value is -3.66. The average molecular weight is 553 g/mol. The Morgan fingerprint density at radius 3 is 2.81 bits per heavy atom. The van der Waals surface area contributed by atoms with Crippen molar-refractivity contribution in [2.45, 2.75) is 32.7 Å². The lowest BCUT2D eigenvalue weighted by Crippen LogP contribution is -2.37. The summed E-state index contributed by atoms with van der Waals surface area (Å²) in [5.41, 5.74) is 3.47. The molecule has 1 unspecified atom stereocenters. The highest BCUT2D eigenvalue weighted by Gasteiger charge is 2.12. The summed E-state index contributed by atoms with van der Waals surface area (Å²) in [4.78, 5) is 21.0. The maximum absolute atomic E-state index is 11.9. The van der Waals surface area contributed by atoms with Crippen LogP contribution in [0.1, 0.15) is 26.7 Å². The minimum atomic E-state index is -0.438. The number of aromatic nitrogens is 4. The SMILES string of the molecule is CCCCOC(=O)NC(C)COc1cc(Nc2ncc3cc(Br)ccc3n2)cc(-c2cnn(C)c2)c1. The zero-order valence-corrected chi connectivity index (χ0v) is 22.1. The maximum atomic E-state index is 11.9. The van der Waals surface area contributed by atoms with Gasteiger partial charge in [-0.2, -0.15) is 5.10 Å². The van der Waals surface area contributed by atoms with Crippen LogP contribution in [-0.2, 0) is 11.8 Å². The van der Waals surface area contributed by atoms with Crippen molar-refractivity contribution in [2.75, 3.05) is 18.5 Å². The number of aryl methyl sites for hydroxylation is 1. The first-order chi connectivity index (χ1) is 17.4. The van der Waals surface area contributed by atoms with Gasteiger partial charge >= 0.3 is 6.09 Å². The molecule has 1 atom stereocenters. The summed E-state index contributed by atoms with van der Waals surface area (Å²) in [7, 11) is 1.87. The minimum absolute atomic E-state index is 0.235. The number of rotatable bonds is 10. The predicted molar refractivity (Wildman–Crippen MR) is 144 cm³/mol. The van der Waals surface area contributed by atoms with E-state index in [2.05, 4.69) is 41.6 Å². The molecule has 0 aliphatic rings. The molecule has 4 aromatic rings. The van der Waals surface area contributed by atoms with Crippen molar-refractivity contribution in [1.82, 2.24) is 25.1 Å². The molecule has 0 radical (unpaired) electrons.